The number of hydrogen-bond donors (Lipinski definition) is 2. The molecule has 8 nitrogen and oxygen atoms in total. The van der Waals surface area contributed by atoms with Gasteiger partial charge in [0.15, 0.2) is 10.9 Å². The van der Waals surface area contributed by atoms with Gasteiger partial charge in [-0.15, -0.1) is 0 Å². The van der Waals surface area contributed by atoms with Gasteiger partial charge in [-0.2, -0.15) is 5.10 Å². The van der Waals surface area contributed by atoms with E-state index in [0.29, 0.717) is 10.7 Å². The summed E-state index contributed by atoms with van der Waals surface area (Å²) in [4.78, 5) is 11.1. The molecule has 0 bridgehead atoms. The van der Waals surface area contributed by atoms with Crippen LogP contribution in [0.2, 0.25) is 0 Å². The Balaban J connectivity index is 2.33. The molecule has 0 fully saturated rings. The quantitative estimate of drug-likeness (QED) is 0.317. The van der Waals surface area contributed by atoms with Crippen molar-refractivity contribution in [3.8, 4) is 11.5 Å². The van der Waals surface area contributed by atoms with Gasteiger partial charge in [-0.25, -0.2) is 0 Å². The minimum Gasteiger partial charge on any atom is -0.493 e. The number of rotatable bonds is 7. The summed E-state index contributed by atoms with van der Waals surface area (Å²) < 4.78 is 11.1. The second kappa shape index (κ2) is 9.65. The molecule has 0 spiro atoms. The van der Waals surface area contributed by atoms with Crippen molar-refractivity contribution in [2.45, 2.75) is 20.5 Å². The van der Waals surface area contributed by atoms with Crippen LogP contribution in [0.25, 0.3) is 0 Å². The Morgan fingerprint density at radius 1 is 1.32 bits per heavy atom. The summed E-state index contributed by atoms with van der Waals surface area (Å²) in [5.74, 6) is 0.321. The summed E-state index contributed by atoms with van der Waals surface area (Å²) in [6.07, 6.45) is 1.41. The maximum absolute atomic E-state index is 11.6. The number of nitro benzene ring substituents is 1. The molecule has 0 aliphatic heterocycles. The first-order valence-electron chi connectivity index (χ1n) is 8.41. The zero-order valence-corrected chi connectivity index (χ0v) is 16.9. The first-order valence-corrected chi connectivity index (χ1v) is 8.82. The fourth-order valence-corrected chi connectivity index (χ4v) is 2.49. The van der Waals surface area contributed by atoms with E-state index >= 15 is 0 Å². The molecule has 0 saturated carbocycles. The van der Waals surface area contributed by atoms with E-state index in [9.17, 15) is 10.1 Å². The number of benzene rings is 2. The van der Waals surface area contributed by atoms with Crippen molar-refractivity contribution in [2.75, 3.05) is 14.2 Å². The minimum absolute atomic E-state index is 0.0734. The summed E-state index contributed by atoms with van der Waals surface area (Å²) in [7, 11) is 3.08. The predicted molar refractivity (Wildman–Crippen MR) is 112 cm³/mol. The average Bonchev–Trinajstić information content (AvgIpc) is 2.68. The van der Waals surface area contributed by atoms with Crippen molar-refractivity contribution < 1.29 is 14.4 Å². The van der Waals surface area contributed by atoms with Gasteiger partial charge in [0.2, 0.25) is 5.75 Å². The van der Waals surface area contributed by atoms with Gasteiger partial charge >= 0.3 is 5.69 Å². The van der Waals surface area contributed by atoms with Gasteiger partial charge in [-0.05, 0) is 43.3 Å². The number of hydrogen-bond acceptors (Lipinski definition) is 6. The lowest BCUT2D eigenvalue weighted by molar-refractivity contribution is -0.386. The molecule has 0 heterocycles. The first kappa shape index (κ1) is 21.1. The number of hydrazone groups is 1. The summed E-state index contributed by atoms with van der Waals surface area (Å²) >= 11 is 4.92. The van der Waals surface area contributed by atoms with E-state index in [1.807, 2.05) is 32.0 Å². The third-order valence-corrected chi connectivity index (χ3v) is 4.25. The second-order valence-corrected chi connectivity index (χ2v) is 6.40. The van der Waals surface area contributed by atoms with Gasteiger partial charge in [0.25, 0.3) is 0 Å². The van der Waals surface area contributed by atoms with Crippen molar-refractivity contribution in [2.24, 2.45) is 5.10 Å². The SMILES string of the molecule is CNC(=S)N/N=C/c1cc(OC)c(OCc2cc(C)ccc2C)c([N+](=O)[O-])c1. The van der Waals surface area contributed by atoms with Crippen LogP contribution in [0, 0.1) is 24.0 Å². The number of nitro groups is 1. The molecule has 148 valence electrons. The number of aryl methyl sites for hydroxylation is 2. The van der Waals surface area contributed by atoms with Crippen LogP contribution in [0.15, 0.2) is 35.4 Å². The van der Waals surface area contributed by atoms with Crippen LogP contribution in [0.3, 0.4) is 0 Å². The molecule has 2 aromatic carbocycles. The molecule has 28 heavy (non-hydrogen) atoms. The van der Waals surface area contributed by atoms with Crippen LogP contribution in [0.5, 0.6) is 11.5 Å². The first-order chi connectivity index (χ1) is 13.3. The molecule has 9 heteroatoms. The predicted octanol–water partition coefficient (Wildman–Crippen LogP) is 3.23. The molecule has 0 atom stereocenters. The smallest absolute Gasteiger partial charge is 0.315 e. The van der Waals surface area contributed by atoms with E-state index in [4.69, 9.17) is 21.7 Å². The molecule has 2 N–H and O–H groups in total. The third-order valence-electron chi connectivity index (χ3n) is 3.96. The third kappa shape index (κ3) is 5.40. The van der Waals surface area contributed by atoms with Crippen molar-refractivity contribution >= 4 is 29.2 Å². The second-order valence-electron chi connectivity index (χ2n) is 6.00. The highest BCUT2D eigenvalue weighted by Crippen LogP contribution is 2.38. The van der Waals surface area contributed by atoms with Crippen molar-refractivity contribution in [1.29, 1.82) is 0 Å². The van der Waals surface area contributed by atoms with Crippen LogP contribution in [0.1, 0.15) is 22.3 Å². The van der Waals surface area contributed by atoms with E-state index < -0.39 is 4.92 Å². The minimum atomic E-state index is -0.510. The Kier molecular flexibility index (Phi) is 7.28. The van der Waals surface area contributed by atoms with E-state index in [2.05, 4.69) is 15.8 Å². The number of thiocarbonyl (C=S) groups is 1. The van der Waals surface area contributed by atoms with Crippen LogP contribution in [-0.4, -0.2) is 30.4 Å². The molecule has 0 amide bonds. The highest BCUT2D eigenvalue weighted by molar-refractivity contribution is 7.80. The Morgan fingerprint density at radius 2 is 2.07 bits per heavy atom. The Bertz CT molecular complexity index is 915. The van der Waals surface area contributed by atoms with Crippen LogP contribution >= 0.6 is 12.2 Å². The summed E-state index contributed by atoms with van der Waals surface area (Å²) in [6.45, 7) is 4.13. The molecular weight excluding hydrogens is 380 g/mol. The van der Waals surface area contributed by atoms with Crippen molar-refractivity contribution in [3.05, 3.63) is 62.7 Å². The van der Waals surface area contributed by atoms with Gasteiger partial charge in [0.1, 0.15) is 6.61 Å². The summed E-state index contributed by atoms with van der Waals surface area (Å²) in [6, 6.07) is 8.96. The maximum atomic E-state index is 11.6. The van der Waals surface area contributed by atoms with E-state index in [1.54, 1.807) is 13.1 Å². The van der Waals surface area contributed by atoms with Crippen molar-refractivity contribution in [3.63, 3.8) is 0 Å². The van der Waals surface area contributed by atoms with Gasteiger partial charge in [0.05, 0.1) is 18.2 Å². The van der Waals surface area contributed by atoms with E-state index in [1.165, 1.54) is 19.4 Å². The monoisotopic (exact) mass is 402 g/mol. The fourth-order valence-electron chi connectivity index (χ4n) is 2.44. The lowest BCUT2D eigenvalue weighted by atomic mass is 10.1. The number of nitrogens with one attached hydrogen (secondary N) is 2. The number of nitrogens with zero attached hydrogens (tertiary/aromatic N) is 2. The van der Waals surface area contributed by atoms with Crippen LogP contribution < -0.4 is 20.2 Å². The Morgan fingerprint density at radius 3 is 2.71 bits per heavy atom. The van der Waals surface area contributed by atoms with E-state index in [0.717, 1.165) is 16.7 Å². The number of methoxy groups -OCH3 is 1. The highest BCUT2D eigenvalue weighted by atomic mass is 32.1. The highest BCUT2D eigenvalue weighted by Gasteiger charge is 2.22. The van der Waals surface area contributed by atoms with E-state index in [-0.39, 0.29) is 23.8 Å². The Hall–Kier alpha value is -3.20. The largest absolute Gasteiger partial charge is 0.493 e. The molecule has 0 aliphatic rings. The molecule has 2 rings (SSSR count). The average molecular weight is 402 g/mol. The zero-order valence-electron chi connectivity index (χ0n) is 16.1. The molecule has 0 saturated heterocycles. The van der Waals surface area contributed by atoms with Crippen LogP contribution in [-0.2, 0) is 6.61 Å². The normalized spacial score (nSPS) is 10.6. The lowest BCUT2D eigenvalue weighted by Crippen LogP contribution is -2.28. The summed E-state index contributed by atoms with van der Waals surface area (Å²) in [5, 5.41) is 18.5. The Labute approximate surface area is 168 Å². The fraction of sp³-hybridized carbons (Fsp3) is 0.263. The standard InChI is InChI=1S/C19H22N4O4S/c1-12-5-6-13(2)15(7-12)11-27-18-16(23(24)25)8-14(9-17(18)26-4)10-21-22-19(28)20-3/h5-10H,11H2,1-4H3,(H2,20,22,28)/b21-10+. The van der Waals surface area contributed by atoms with Gasteiger partial charge in [-0.3, -0.25) is 15.5 Å². The maximum Gasteiger partial charge on any atom is 0.315 e. The van der Waals surface area contributed by atoms with Crippen molar-refractivity contribution in [1.82, 2.24) is 10.7 Å². The molecule has 0 radical (unpaired) electrons. The lowest BCUT2D eigenvalue weighted by Gasteiger charge is -2.13. The molecule has 0 aliphatic carbocycles. The van der Waals surface area contributed by atoms with Gasteiger partial charge in [-0.1, -0.05) is 23.8 Å². The molecule has 2 aromatic rings. The number of ether oxygens (including phenoxy) is 2. The topological polar surface area (TPSA) is 98.0 Å². The van der Waals surface area contributed by atoms with Crippen LogP contribution in [0.4, 0.5) is 5.69 Å². The summed E-state index contributed by atoms with van der Waals surface area (Å²) in [5.41, 5.74) is 5.93. The molecular formula is C19H22N4O4S. The van der Waals surface area contributed by atoms with Gasteiger partial charge in [0, 0.05) is 18.7 Å². The zero-order chi connectivity index (χ0) is 20.7. The molecule has 0 aromatic heterocycles. The van der Waals surface area contributed by atoms with Gasteiger partial charge < -0.3 is 14.8 Å². The molecule has 0 unspecified atom stereocenters.